The second-order valence-corrected chi connectivity index (χ2v) is 8.99. The molecule has 0 saturated carbocycles. The first-order valence-electron chi connectivity index (χ1n) is 11.5. The lowest BCUT2D eigenvalue weighted by molar-refractivity contribution is -0.119. The molecule has 1 atom stereocenters. The van der Waals surface area contributed by atoms with Crippen LogP contribution in [-0.2, 0) is 9.53 Å². The SMILES string of the molecule is CCOc1ccc(-n2c(SCC(=O)NC[C@H]3CCCO3)nnc2-c2c[nH]c3ccccc23)cc1. The smallest absolute Gasteiger partial charge is 0.230 e. The first-order valence-corrected chi connectivity index (χ1v) is 12.5. The van der Waals surface area contributed by atoms with Crippen molar-refractivity contribution < 1.29 is 14.3 Å². The van der Waals surface area contributed by atoms with Crippen LogP contribution in [-0.4, -0.2) is 57.3 Å². The van der Waals surface area contributed by atoms with Crippen LogP contribution in [0.25, 0.3) is 28.0 Å². The van der Waals surface area contributed by atoms with Gasteiger partial charge in [0.1, 0.15) is 5.75 Å². The number of aromatic nitrogens is 4. The Hall–Kier alpha value is -3.30. The highest BCUT2D eigenvalue weighted by Crippen LogP contribution is 2.32. The van der Waals surface area contributed by atoms with Crippen LogP contribution in [0.15, 0.2) is 59.9 Å². The number of hydrogen-bond acceptors (Lipinski definition) is 6. The lowest BCUT2D eigenvalue weighted by Gasteiger charge is -2.12. The predicted molar refractivity (Wildman–Crippen MR) is 133 cm³/mol. The van der Waals surface area contributed by atoms with E-state index in [4.69, 9.17) is 9.47 Å². The van der Waals surface area contributed by atoms with E-state index in [9.17, 15) is 4.79 Å². The largest absolute Gasteiger partial charge is 0.494 e. The zero-order valence-corrected chi connectivity index (χ0v) is 19.8. The topological polar surface area (TPSA) is 94.1 Å². The summed E-state index contributed by atoms with van der Waals surface area (Å²) in [7, 11) is 0. The third kappa shape index (κ3) is 4.80. The van der Waals surface area contributed by atoms with Gasteiger partial charge in [0.05, 0.1) is 18.5 Å². The van der Waals surface area contributed by atoms with Gasteiger partial charge in [-0.2, -0.15) is 0 Å². The molecule has 0 spiro atoms. The van der Waals surface area contributed by atoms with Gasteiger partial charge in [-0.1, -0.05) is 30.0 Å². The van der Waals surface area contributed by atoms with Crippen LogP contribution in [0.3, 0.4) is 0 Å². The first-order chi connectivity index (χ1) is 16.7. The van der Waals surface area contributed by atoms with Gasteiger partial charge in [0.2, 0.25) is 5.91 Å². The number of rotatable bonds is 9. The molecular formula is C25H27N5O3S. The number of thioether (sulfide) groups is 1. The van der Waals surface area contributed by atoms with Crippen molar-refractivity contribution in [2.75, 3.05) is 25.5 Å². The highest BCUT2D eigenvalue weighted by molar-refractivity contribution is 7.99. The molecule has 8 nitrogen and oxygen atoms in total. The van der Waals surface area contributed by atoms with E-state index in [0.717, 1.165) is 47.4 Å². The van der Waals surface area contributed by atoms with Gasteiger partial charge in [0.25, 0.3) is 0 Å². The number of aromatic amines is 1. The summed E-state index contributed by atoms with van der Waals surface area (Å²) in [6.45, 7) is 3.89. The number of carbonyl (C=O) groups is 1. The summed E-state index contributed by atoms with van der Waals surface area (Å²) >= 11 is 1.37. The van der Waals surface area contributed by atoms with Crippen molar-refractivity contribution in [2.24, 2.45) is 0 Å². The minimum absolute atomic E-state index is 0.0459. The second kappa shape index (κ2) is 10.3. The molecule has 0 aliphatic carbocycles. The Bertz CT molecular complexity index is 1260. The van der Waals surface area contributed by atoms with Crippen LogP contribution >= 0.6 is 11.8 Å². The third-order valence-corrected chi connectivity index (χ3v) is 6.68. The molecule has 1 saturated heterocycles. The van der Waals surface area contributed by atoms with E-state index in [0.29, 0.717) is 24.1 Å². The van der Waals surface area contributed by atoms with Gasteiger partial charge in [-0.25, -0.2) is 0 Å². The molecular weight excluding hydrogens is 450 g/mol. The number of ether oxygens (including phenoxy) is 2. The molecule has 5 rings (SSSR count). The number of carbonyl (C=O) groups excluding carboxylic acids is 1. The van der Waals surface area contributed by atoms with E-state index < -0.39 is 0 Å². The Kier molecular flexibility index (Phi) is 6.82. The van der Waals surface area contributed by atoms with Crippen molar-refractivity contribution in [3.05, 3.63) is 54.7 Å². The van der Waals surface area contributed by atoms with Crippen molar-refractivity contribution in [3.63, 3.8) is 0 Å². The molecule has 4 aromatic rings. The highest BCUT2D eigenvalue weighted by atomic mass is 32.2. The number of nitrogens with zero attached hydrogens (tertiary/aromatic N) is 3. The molecule has 176 valence electrons. The molecule has 0 bridgehead atoms. The molecule has 2 aromatic heterocycles. The lowest BCUT2D eigenvalue weighted by Crippen LogP contribution is -2.32. The number of fused-ring (bicyclic) bond motifs is 1. The van der Waals surface area contributed by atoms with Crippen molar-refractivity contribution in [1.82, 2.24) is 25.1 Å². The molecule has 1 fully saturated rings. The first kappa shape index (κ1) is 22.5. The van der Waals surface area contributed by atoms with E-state index in [1.807, 2.05) is 60.2 Å². The molecule has 0 radical (unpaired) electrons. The summed E-state index contributed by atoms with van der Waals surface area (Å²) in [5, 5.41) is 13.7. The lowest BCUT2D eigenvalue weighted by atomic mass is 10.1. The second-order valence-electron chi connectivity index (χ2n) is 8.04. The van der Waals surface area contributed by atoms with Crippen molar-refractivity contribution in [1.29, 1.82) is 0 Å². The third-order valence-electron chi connectivity index (χ3n) is 5.75. The fraction of sp³-hybridized carbons (Fsp3) is 0.320. The summed E-state index contributed by atoms with van der Waals surface area (Å²) in [5.41, 5.74) is 2.88. The molecule has 2 N–H and O–H groups in total. The summed E-state index contributed by atoms with van der Waals surface area (Å²) in [6.07, 6.45) is 4.11. The maximum Gasteiger partial charge on any atom is 0.230 e. The van der Waals surface area contributed by atoms with Gasteiger partial charge < -0.3 is 19.8 Å². The maximum absolute atomic E-state index is 12.5. The van der Waals surface area contributed by atoms with E-state index in [2.05, 4.69) is 26.6 Å². The van der Waals surface area contributed by atoms with Crippen LogP contribution in [0.4, 0.5) is 0 Å². The van der Waals surface area contributed by atoms with Crippen molar-refractivity contribution in [2.45, 2.75) is 31.0 Å². The van der Waals surface area contributed by atoms with Crippen LogP contribution < -0.4 is 10.1 Å². The van der Waals surface area contributed by atoms with Crippen molar-refractivity contribution >= 4 is 28.6 Å². The summed E-state index contributed by atoms with van der Waals surface area (Å²) < 4.78 is 13.2. The molecule has 0 unspecified atom stereocenters. The quantitative estimate of drug-likeness (QED) is 0.351. The Labute approximate surface area is 202 Å². The zero-order chi connectivity index (χ0) is 23.3. The number of nitrogens with one attached hydrogen (secondary N) is 2. The van der Waals surface area contributed by atoms with Crippen LogP contribution in [0.1, 0.15) is 19.8 Å². The van der Waals surface area contributed by atoms with Gasteiger partial charge in [-0.05, 0) is 50.1 Å². The number of para-hydroxylation sites is 1. The Morgan fingerprint density at radius 2 is 2.09 bits per heavy atom. The highest BCUT2D eigenvalue weighted by Gasteiger charge is 2.21. The van der Waals surface area contributed by atoms with Gasteiger partial charge in [0, 0.05) is 41.5 Å². The summed E-state index contributed by atoms with van der Waals surface area (Å²) in [5.74, 6) is 1.71. The monoisotopic (exact) mass is 477 g/mol. The van der Waals surface area contributed by atoms with Crippen molar-refractivity contribution in [3.8, 4) is 22.8 Å². The van der Waals surface area contributed by atoms with Crippen LogP contribution in [0.5, 0.6) is 5.75 Å². The van der Waals surface area contributed by atoms with E-state index in [1.165, 1.54) is 11.8 Å². The molecule has 2 aromatic carbocycles. The minimum Gasteiger partial charge on any atom is -0.494 e. The molecule has 1 aliphatic heterocycles. The summed E-state index contributed by atoms with van der Waals surface area (Å²) in [4.78, 5) is 15.8. The standard InChI is InChI=1S/C25H27N5O3S/c1-2-32-18-11-9-17(10-12-18)30-24(21-15-26-22-8-4-3-7-20(21)22)28-29-25(30)34-16-23(31)27-14-19-6-5-13-33-19/h3-4,7-12,15,19,26H,2,5-6,13-14,16H2,1H3,(H,27,31)/t19-/m1/s1. The fourth-order valence-electron chi connectivity index (χ4n) is 4.10. The van der Waals surface area contributed by atoms with Gasteiger partial charge in [-0.15, -0.1) is 10.2 Å². The van der Waals surface area contributed by atoms with Crippen LogP contribution in [0.2, 0.25) is 0 Å². The Balaban J connectivity index is 1.42. The normalized spacial score (nSPS) is 15.6. The Morgan fingerprint density at radius 3 is 2.88 bits per heavy atom. The molecule has 9 heteroatoms. The molecule has 34 heavy (non-hydrogen) atoms. The maximum atomic E-state index is 12.5. The fourth-order valence-corrected chi connectivity index (χ4v) is 4.88. The number of amides is 1. The summed E-state index contributed by atoms with van der Waals surface area (Å²) in [6, 6.07) is 15.9. The molecule has 3 heterocycles. The van der Waals surface area contributed by atoms with Gasteiger partial charge in [0.15, 0.2) is 11.0 Å². The number of hydrogen-bond donors (Lipinski definition) is 2. The van der Waals surface area contributed by atoms with Gasteiger partial charge in [-0.3, -0.25) is 9.36 Å². The molecule has 1 amide bonds. The Morgan fingerprint density at radius 1 is 1.24 bits per heavy atom. The van der Waals surface area contributed by atoms with E-state index >= 15 is 0 Å². The van der Waals surface area contributed by atoms with E-state index in [1.54, 1.807) is 0 Å². The minimum atomic E-state index is -0.0459. The van der Waals surface area contributed by atoms with Gasteiger partial charge >= 0.3 is 0 Å². The molecule has 1 aliphatic rings. The van der Waals surface area contributed by atoms with Crippen LogP contribution in [0, 0.1) is 0 Å². The average Bonchev–Trinajstić information content (AvgIpc) is 3.62. The number of H-pyrrole nitrogens is 1. The predicted octanol–water partition coefficient (Wildman–Crippen LogP) is 4.20. The number of benzene rings is 2. The average molecular weight is 478 g/mol. The zero-order valence-electron chi connectivity index (χ0n) is 19.0. The van der Waals surface area contributed by atoms with E-state index in [-0.39, 0.29) is 17.8 Å².